The minimum Gasteiger partial charge on any atom is -0.349 e. The van der Waals surface area contributed by atoms with E-state index >= 15 is 0 Å². The van der Waals surface area contributed by atoms with E-state index in [0.717, 1.165) is 38.9 Å². The Hall–Kier alpha value is -0.160. The third kappa shape index (κ3) is 3.08. The number of nitrogens with zero attached hydrogens (tertiary/aromatic N) is 1. The summed E-state index contributed by atoms with van der Waals surface area (Å²) in [5, 5.41) is 14.2. The molecule has 0 aromatic heterocycles. The second-order valence-corrected chi connectivity index (χ2v) is 8.44. The summed E-state index contributed by atoms with van der Waals surface area (Å²) < 4.78 is 12.7. The van der Waals surface area contributed by atoms with Crippen LogP contribution in [0.15, 0.2) is 0 Å². The molecule has 2 aliphatic rings. The molecule has 0 N–H and O–H groups in total. The maximum absolute atomic E-state index is 12.9. The molecule has 0 aromatic carbocycles. The molecule has 0 amide bonds. The van der Waals surface area contributed by atoms with Crippen LogP contribution in [0, 0.1) is 5.41 Å². The van der Waals surface area contributed by atoms with E-state index in [9.17, 15) is 5.21 Å². The minimum absolute atomic E-state index is 0.111. The zero-order valence-electron chi connectivity index (χ0n) is 15.3. The van der Waals surface area contributed by atoms with E-state index in [-0.39, 0.29) is 11.0 Å². The van der Waals surface area contributed by atoms with Crippen LogP contribution < -0.4 is 0 Å². The van der Waals surface area contributed by atoms with Gasteiger partial charge in [-0.25, -0.2) is 0 Å². The van der Waals surface area contributed by atoms with E-state index in [0.29, 0.717) is 12.8 Å². The fourth-order valence-corrected chi connectivity index (χ4v) is 4.44. The molecule has 2 fully saturated rings. The van der Waals surface area contributed by atoms with Crippen LogP contribution in [0.1, 0.15) is 80.1 Å². The van der Waals surface area contributed by atoms with E-state index in [1.165, 1.54) is 5.06 Å². The number of hydroxylamine groups is 2. The summed E-state index contributed by atoms with van der Waals surface area (Å²) in [4.78, 5) is 0. The Morgan fingerprint density at radius 3 is 1.95 bits per heavy atom. The van der Waals surface area contributed by atoms with Crippen LogP contribution in [0.25, 0.3) is 0 Å². The molecule has 0 aliphatic carbocycles. The van der Waals surface area contributed by atoms with Gasteiger partial charge in [0.1, 0.15) is 0 Å². The van der Waals surface area contributed by atoms with Crippen molar-refractivity contribution in [3.63, 3.8) is 0 Å². The van der Waals surface area contributed by atoms with Gasteiger partial charge in [0.15, 0.2) is 5.79 Å². The third-order valence-corrected chi connectivity index (χ3v) is 5.82. The molecule has 0 aromatic rings. The molecule has 4 heteroatoms. The second kappa shape index (κ2) is 6.04. The zero-order chi connectivity index (χ0) is 16.6. The summed E-state index contributed by atoms with van der Waals surface area (Å²) >= 11 is 0. The Morgan fingerprint density at radius 1 is 0.955 bits per heavy atom. The number of piperidine rings is 1. The first-order valence-corrected chi connectivity index (χ1v) is 8.92. The van der Waals surface area contributed by atoms with E-state index in [2.05, 4.69) is 27.7 Å². The molecule has 2 heterocycles. The first kappa shape index (κ1) is 18.2. The van der Waals surface area contributed by atoms with E-state index in [1.54, 1.807) is 0 Å². The van der Waals surface area contributed by atoms with Crippen molar-refractivity contribution in [2.75, 3.05) is 13.2 Å². The van der Waals surface area contributed by atoms with Crippen molar-refractivity contribution in [2.45, 2.75) is 96.9 Å². The van der Waals surface area contributed by atoms with Gasteiger partial charge < -0.3 is 9.47 Å². The van der Waals surface area contributed by atoms with Crippen LogP contribution in [-0.2, 0) is 14.7 Å². The summed E-state index contributed by atoms with van der Waals surface area (Å²) in [5.41, 5.74) is -0.719. The van der Waals surface area contributed by atoms with Crippen LogP contribution in [-0.4, -0.2) is 35.1 Å². The van der Waals surface area contributed by atoms with Crippen molar-refractivity contribution in [3.8, 4) is 0 Å². The zero-order valence-corrected chi connectivity index (χ0v) is 15.3. The average Bonchev–Trinajstić information content (AvgIpc) is 2.47. The van der Waals surface area contributed by atoms with Gasteiger partial charge in [0.05, 0.1) is 18.8 Å². The molecule has 2 saturated heterocycles. The highest BCUT2D eigenvalue weighted by Crippen LogP contribution is 2.50. The van der Waals surface area contributed by atoms with Crippen LogP contribution >= 0.6 is 0 Å². The second-order valence-electron chi connectivity index (χ2n) is 8.44. The van der Waals surface area contributed by atoms with Gasteiger partial charge in [0.2, 0.25) is 0 Å². The van der Waals surface area contributed by atoms with Crippen LogP contribution in [0.4, 0.5) is 0 Å². The molecular formula is C18H34NO3. The largest absolute Gasteiger partial charge is 0.349 e. The Balaban J connectivity index is 2.22. The predicted molar refractivity (Wildman–Crippen MR) is 86.8 cm³/mol. The molecular weight excluding hydrogens is 278 g/mol. The van der Waals surface area contributed by atoms with Crippen molar-refractivity contribution in [1.82, 2.24) is 5.06 Å². The lowest BCUT2D eigenvalue weighted by Crippen LogP contribution is -2.68. The summed E-state index contributed by atoms with van der Waals surface area (Å²) in [5.74, 6) is -0.580. The number of ether oxygens (including phenoxy) is 2. The van der Waals surface area contributed by atoms with Crippen LogP contribution in [0.3, 0.4) is 0 Å². The quantitative estimate of drug-likeness (QED) is 0.776. The maximum Gasteiger partial charge on any atom is 0.172 e. The van der Waals surface area contributed by atoms with Gasteiger partial charge in [0, 0.05) is 23.8 Å². The standard InChI is InChI=1S/C18H34NO3/c1-7-10-16(6)13-21-18(22-14-16)11-15(4,5)19(20)17(8-2,9-3)12-18/h7-14H2,1-6H3. The van der Waals surface area contributed by atoms with E-state index < -0.39 is 11.3 Å². The van der Waals surface area contributed by atoms with Crippen molar-refractivity contribution in [1.29, 1.82) is 0 Å². The Bertz CT molecular complexity index is 382. The van der Waals surface area contributed by atoms with Crippen molar-refractivity contribution < 1.29 is 14.7 Å². The van der Waals surface area contributed by atoms with Gasteiger partial charge in [-0.15, -0.1) is 10.3 Å². The highest BCUT2D eigenvalue weighted by molar-refractivity contribution is 5.04. The first-order chi connectivity index (χ1) is 10.2. The van der Waals surface area contributed by atoms with E-state index in [1.807, 2.05) is 13.8 Å². The van der Waals surface area contributed by atoms with Crippen molar-refractivity contribution in [3.05, 3.63) is 0 Å². The van der Waals surface area contributed by atoms with Gasteiger partial charge in [-0.2, -0.15) is 0 Å². The van der Waals surface area contributed by atoms with Gasteiger partial charge >= 0.3 is 0 Å². The summed E-state index contributed by atoms with van der Waals surface area (Å²) in [7, 11) is 0. The fraction of sp³-hybridized carbons (Fsp3) is 1.00. The fourth-order valence-electron chi connectivity index (χ4n) is 4.44. The molecule has 1 radical (unpaired) electrons. The molecule has 0 saturated carbocycles. The Kier molecular flexibility index (Phi) is 5.00. The molecule has 4 nitrogen and oxygen atoms in total. The molecule has 0 atom stereocenters. The summed E-state index contributed by atoms with van der Waals surface area (Å²) in [6.07, 6.45) is 5.25. The monoisotopic (exact) mass is 312 g/mol. The first-order valence-electron chi connectivity index (χ1n) is 8.92. The Labute approximate surface area is 136 Å². The smallest absolute Gasteiger partial charge is 0.172 e. The molecule has 2 rings (SSSR count). The van der Waals surface area contributed by atoms with E-state index in [4.69, 9.17) is 9.47 Å². The molecule has 2 aliphatic heterocycles. The van der Waals surface area contributed by atoms with Crippen LogP contribution in [0.2, 0.25) is 0 Å². The number of hydrogen-bond donors (Lipinski definition) is 0. The lowest BCUT2D eigenvalue weighted by atomic mass is 9.72. The van der Waals surface area contributed by atoms with Crippen molar-refractivity contribution in [2.24, 2.45) is 5.41 Å². The number of rotatable bonds is 4. The van der Waals surface area contributed by atoms with Gasteiger partial charge in [-0.1, -0.05) is 34.1 Å². The molecule has 1 spiro atoms. The summed E-state index contributed by atoms with van der Waals surface area (Å²) in [6, 6.07) is 0. The Morgan fingerprint density at radius 2 is 1.50 bits per heavy atom. The highest BCUT2D eigenvalue weighted by atomic mass is 16.7. The summed E-state index contributed by atoms with van der Waals surface area (Å²) in [6.45, 7) is 14.2. The number of hydrogen-bond acceptors (Lipinski definition) is 3. The van der Waals surface area contributed by atoms with Crippen molar-refractivity contribution >= 4 is 0 Å². The van der Waals surface area contributed by atoms with Gasteiger partial charge in [0.25, 0.3) is 0 Å². The average molecular weight is 312 g/mol. The van der Waals surface area contributed by atoms with Crippen LogP contribution in [0.5, 0.6) is 0 Å². The normalized spacial score (nSPS) is 38.3. The lowest BCUT2D eigenvalue weighted by molar-refractivity contribution is -0.391. The molecule has 129 valence electrons. The molecule has 22 heavy (non-hydrogen) atoms. The SMILES string of the molecule is CCCC1(C)COC2(CC(C)(C)N([O])C(CC)(CC)C2)OC1. The molecule has 0 unspecified atom stereocenters. The lowest BCUT2D eigenvalue weighted by Gasteiger charge is -2.58. The minimum atomic E-state index is -0.580. The third-order valence-electron chi connectivity index (χ3n) is 5.82. The molecule has 0 bridgehead atoms. The maximum atomic E-state index is 12.9. The topological polar surface area (TPSA) is 41.6 Å². The predicted octanol–water partition coefficient (Wildman–Crippen LogP) is 4.31. The van der Waals surface area contributed by atoms with Gasteiger partial charge in [-0.05, 0) is 33.1 Å². The highest BCUT2D eigenvalue weighted by Gasteiger charge is 2.58. The van der Waals surface area contributed by atoms with Gasteiger partial charge in [-0.3, -0.25) is 0 Å².